The van der Waals surface area contributed by atoms with Crippen molar-refractivity contribution in [3.63, 3.8) is 0 Å². The van der Waals surface area contributed by atoms with Gasteiger partial charge in [-0.3, -0.25) is 4.98 Å². The van der Waals surface area contributed by atoms with Gasteiger partial charge in [0.2, 0.25) is 0 Å². The molecule has 0 unspecified atom stereocenters. The molecule has 35 heavy (non-hydrogen) atoms. The van der Waals surface area contributed by atoms with Gasteiger partial charge in [0.05, 0.1) is 35.5 Å². The quantitative estimate of drug-likeness (QED) is 0.281. The summed E-state index contributed by atoms with van der Waals surface area (Å²) in [6.07, 6.45) is 3.52. The monoisotopic (exact) mass is 451 g/mol. The first-order valence-electron chi connectivity index (χ1n) is 11.4. The summed E-state index contributed by atoms with van der Waals surface area (Å²) in [4.78, 5) is 4.16. The van der Waals surface area contributed by atoms with E-state index in [9.17, 15) is 5.26 Å². The predicted molar refractivity (Wildman–Crippen MR) is 141 cm³/mol. The van der Waals surface area contributed by atoms with E-state index in [0.717, 1.165) is 55.5 Å². The van der Waals surface area contributed by atoms with E-state index in [0.29, 0.717) is 5.56 Å². The van der Waals surface area contributed by atoms with Gasteiger partial charge in [-0.05, 0) is 59.7 Å². The summed E-state index contributed by atoms with van der Waals surface area (Å²) in [5.41, 5.74) is 7.70. The molecule has 0 aliphatic rings. The molecule has 0 saturated carbocycles. The number of nitrogens with zero attached hydrogens (tertiary/aromatic N) is 3. The van der Waals surface area contributed by atoms with Crippen molar-refractivity contribution in [1.29, 1.82) is 5.26 Å². The zero-order valence-electron chi connectivity index (χ0n) is 19.1. The number of benzene rings is 4. The molecule has 0 bridgehead atoms. The van der Waals surface area contributed by atoms with Gasteiger partial charge in [-0.2, -0.15) is 5.26 Å². The molecule has 2 heterocycles. The van der Waals surface area contributed by atoms with Crippen LogP contribution < -0.4 is 4.74 Å². The zero-order chi connectivity index (χ0) is 23.8. The Hall–Kier alpha value is -4.88. The van der Waals surface area contributed by atoms with Crippen LogP contribution in [-0.2, 0) is 0 Å². The molecule has 0 amide bonds. The second-order valence-corrected chi connectivity index (χ2v) is 8.36. The average molecular weight is 452 g/mol. The van der Waals surface area contributed by atoms with Crippen LogP contribution in [-0.4, -0.2) is 16.7 Å². The lowest BCUT2D eigenvalue weighted by molar-refractivity contribution is 0.415. The number of methoxy groups -OCH3 is 1. The van der Waals surface area contributed by atoms with Gasteiger partial charge >= 0.3 is 0 Å². The van der Waals surface area contributed by atoms with E-state index in [1.54, 1.807) is 19.5 Å². The maximum absolute atomic E-state index is 10.1. The Labute approximate surface area is 203 Å². The Balaban J connectivity index is 1.76. The molecule has 0 N–H and O–H groups in total. The van der Waals surface area contributed by atoms with Gasteiger partial charge in [-0.15, -0.1) is 0 Å². The SMILES string of the molecule is COc1ccc2c(c1)c1ccccc1n2-c1cc(-c2ccncc2)c(C#N)cc1-c1ccccc1. The van der Waals surface area contributed by atoms with Crippen LogP contribution in [0.15, 0.2) is 109 Å². The number of pyridine rings is 1. The summed E-state index contributed by atoms with van der Waals surface area (Å²) in [6.45, 7) is 0. The van der Waals surface area contributed by atoms with Crippen molar-refractivity contribution < 1.29 is 4.74 Å². The Bertz CT molecular complexity index is 1730. The number of hydrogen-bond acceptors (Lipinski definition) is 3. The number of hydrogen-bond donors (Lipinski definition) is 0. The Morgan fingerprint density at radius 1 is 0.714 bits per heavy atom. The van der Waals surface area contributed by atoms with Crippen molar-refractivity contribution in [3.8, 4) is 39.8 Å². The highest BCUT2D eigenvalue weighted by Gasteiger charge is 2.19. The fraction of sp³-hybridized carbons (Fsp3) is 0.0323. The smallest absolute Gasteiger partial charge is 0.119 e. The molecule has 0 spiro atoms. The van der Waals surface area contributed by atoms with E-state index in [1.165, 1.54) is 0 Å². The third-order valence-electron chi connectivity index (χ3n) is 6.45. The molecule has 2 aromatic heterocycles. The highest BCUT2D eigenvalue weighted by molar-refractivity contribution is 6.10. The summed E-state index contributed by atoms with van der Waals surface area (Å²) < 4.78 is 7.83. The van der Waals surface area contributed by atoms with Gasteiger partial charge in [-0.25, -0.2) is 0 Å². The molecule has 0 atom stereocenters. The molecule has 4 aromatic carbocycles. The Kier molecular flexibility index (Phi) is 5.02. The number of fused-ring (bicyclic) bond motifs is 3. The van der Waals surface area contributed by atoms with Gasteiger partial charge in [-0.1, -0.05) is 48.5 Å². The van der Waals surface area contributed by atoms with E-state index >= 15 is 0 Å². The number of para-hydroxylation sites is 1. The standard InChI is InChI=1S/C31H21N3O/c1-35-24-11-12-30-28(18-24)25-9-5-6-10-29(25)34(30)31-19-26(22-13-15-33-16-14-22)23(20-32)17-27(31)21-7-3-2-4-8-21/h2-19H,1H3. The minimum absolute atomic E-state index is 0.626. The minimum atomic E-state index is 0.626. The fourth-order valence-corrected chi connectivity index (χ4v) is 4.82. The topological polar surface area (TPSA) is 50.8 Å². The van der Waals surface area contributed by atoms with Crippen LogP contribution >= 0.6 is 0 Å². The molecule has 4 heteroatoms. The predicted octanol–water partition coefficient (Wildman–Crippen LogP) is 7.39. The molecule has 0 aliphatic heterocycles. The molecular weight excluding hydrogens is 430 g/mol. The summed E-state index contributed by atoms with van der Waals surface area (Å²) in [7, 11) is 1.69. The summed E-state index contributed by atoms with van der Waals surface area (Å²) in [5.74, 6) is 0.820. The van der Waals surface area contributed by atoms with Crippen LogP contribution in [0.2, 0.25) is 0 Å². The van der Waals surface area contributed by atoms with Crippen LogP contribution in [0.5, 0.6) is 5.75 Å². The molecule has 0 radical (unpaired) electrons. The number of aromatic nitrogens is 2. The van der Waals surface area contributed by atoms with Gasteiger partial charge in [0.1, 0.15) is 5.75 Å². The van der Waals surface area contributed by atoms with Crippen LogP contribution in [0, 0.1) is 11.3 Å². The normalized spacial score (nSPS) is 11.0. The van der Waals surface area contributed by atoms with Crippen molar-refractivity contribution in [2.45, 2.75) is 0 Å². The lowest BCUT2D eigenvalue weighted by atomic mass is 9.94. The number of ether oxygens (including phenoxy) is 1. The minimum Gasteiger partial charge on any atom is -0.497 e. The zero-order valence-corrected chi connectivity index (χ0v) is 19.1. The Morgan fingerprint density at radius 2 is 1.43 bits per heavy atom. The van der Waals surface area contributed by atoms with Crippen LogP contribution in [0.25, 0.3) is 49.7 Å². The molecule has 0 saturated heterocycles. The highest BCUT2D eigenvalue weighted by atomic mass is 16.5. The maximum Gasteiger partial charge on any atom is 0.119 e. The van der Waals surface area contributed by atoms with Gasteiger partial charge in [0, 0.05) is 34.3 Å². The van der Waals surface area contributed by atoms with Crippen LogP contribution in [0.3, 0.4) is 0 Å². The summed E-state index contributed by atoms with van der Waals surface area (Å²) in [6, 6.07) is 35.3. The van der Waals surface area contributed by atoms with E-state index in [1.807, 2.05) is 42.5 Å². The van der Waals surface area contributed by atoms with E-state index in [4.69, 9.17) is 4.74 Å². The van der Waals surface area contributed by atoms with Gasteiger partial charge in [0.25, 0.3) is 0 Å². The average Bonchev–Trinajstić information content (AvgIpc) is 3.26. The molecular formula is C31H21N3O. The maximum atomic E-state index is 10.1. The van der Waals surface area contributed by atoms with Crippen molar-refractivity contribution >= 4 is 21.8 Å². The van der Waals surface area contributed by atoms with E-state index < -0.39 is 0 Å². The van der Waals surface area contributed by atoms with E-state index in [-0.39, 0.29) is 0 Å². The summed E-state index contributed by atoms with van der Waals surface area (Å²) >= 11 is 0. The second kappa shape index (κ2) is 8.48. The van der Waals surface area contributed by atoms with Crippen molar-refractivity contribution in [1.82, 2.24) is 9.55 Å². The number of rotatable bonds is 4. The van der Waals surface area contributed by atoms with E-state index in [2.05, 4.69) is 70.2 Å². The first-order chi connectivity index (χ1) is 17.3. The van der Waals surface area contributed by atoms with Crippen LogP contribution in [0.4, 0.5) is 0 Å². The highest BCUT2D eigenvalue weighted by Crippen LogP contribution is 2.40. The molecule has 6 rings (SSSR count). The second-order valence-electron chi connectivity index (χ2n) is 8.36. The summed E-state index contributed by atoms with van der Waals surface area (Å²) in [5, 5.41) is 12.4. The molecule has 0 aliphatic carbocycles. The third kappa shape index (κ3) is 3.42. The third-order valence-corrected chi connectivity index (χ3v) is 6.45. The largest absolute Gasteiger partial charge is 0.497 e. The number of nitriles is 1. The van der Waals surface area contributed by atoms with Crippen molar-refractivity contribution in [3.05, 3.63) is 115 Å². The first kappa shape index (κ1) is 20.7. The van der Waals surface area contributed by atoms with Crippen LogP contribution in [0.1, 0.15) is 5.56 Å². The molecule has 6 aromatic rings. The molecule has 4 nitrogen and oxygen atoms in total. The lowest BCUT2D eigenvalue weighted by Gasteiger charge is -2.17. The first-order valence-corrected chi connectivity index (χ1v) is 11.4. The fourth-order valence-electron chi connectivity index (χ4n) is 4.82. The van der Waals surface area contributed by atoms with Gasteiger partial charge < -0.3 is 9.30 Å². The molecule has 166 valence electrons. The van der Waals surface area contributed by atoms with Crippen molar-refractivity contribution in [2.75, 3.05) is 7.11 Å². The lowest BCUT2D eigenvalue weighted by Crippen LogP contribution is -2.00. The van der Waals surface area contributed by atoms with Crippen molar-refractivity contribution in [2.24, 2.45) is 0 Å². The molecule has 0 fully saturated rings. The Morgan fingerprint density at radius 3 is 2.20 bits per heavy atom. The van der Waals surface area contributed by atoms with Gasteiger partial charge in [0.15, 0.2) is 0 Å².